The number of ketones is 3. The molecule has 4 aromatic rings. The first-order chi connectivity index (χ1) is 38.7. The van der Waals surface area contributed by atoms with Crippen LogP contribution < -0.4 is 20.1 Å². The van der Waals surface area contributed by atoms with Crippen LogP contribution in [0, 0.1) is 11.8 Å². The molecule has 5 rings (SSSR count). The van der Waals surface area contributed by atoms with Crippen LogP contribution in [0.15, 0.2) is 84.9 Å². The molecule has 20 heteroatoms. The van der Waals surface area contributed by atoms with Crippen molar-refractivity contribution in [1.82, 2.24) is 15.5 Å². The molecule has 0 saturated heterocycles. The first-order valence-electron chi connectivity index (χ1n) is 27.6. The maximum atomic E-state index is 15.3. The van der Waals surface area contributed by atoms with Crippen LogP contribution in [-0.2, 0) is 49.3 Å². The van der Waals surface area contributed by atoms with E-state index in [4.69, 9.17) is 40.0 Å². The van der Waals surface area contributed by atoms with Gasteiger partial charge in [-0.05, 0) is 147 Å². The lowest BCUT2D eigenvalue weighted by molar-refractivity contribution is -0.144. The molecule has 0 saturated carbocycles. The average molecular weight is 1170 g/mol. The van der Waals surface area contributed by atoms with Gasteiger partial charge < -0.3 is 49.1 Å². The van der Waals surface area contributed by atoms with E-state index < -0.39 is 101 Å². The van der Waals surface area contributed by atoms with Gasteiger partial charge >= 0.3 is 24.4 Å². The van der Waals surface area contributed by atoms with Crippen LogP contribution in [0.5, 0.6) is 11.5 Å². The fourth-order valence-electron chi connectivity index (χ4n) is 9.03. The zero-order valence-corrected chi connectivity index (χ0v) is 50.2. The zero-order valence-electron chi connectivity index (χ0n) is 49.4. The maximum absolute atomic E-state index is 15.3. The fraction of sp³-hybridized carbons (Fsp3) is 0.476. The Labute approximate surface area is 490 Å². The van der Waals surface area contributed by atoms with E-state index in [9.17, 15) is 38.7 Å². The molecule has 1 aliphatic rings. The van der Waals surface area contributed by atoms with Crippen molar-refractivity contribution in [2.24, 2.45) is 11.8 Å². The number of amides is 3. The van der Waals surface area contributed by atoms with Gasteiger partial charge in [0.15, 0.2) is 17.3 Å². The Morgan fingerprint density at radius 1 is 0.723 bits per heavy atom. The second-order valence-corrected chi connectivity index (χ2v) is 24.1. The molecule has 0 spiro atoms. The van der Waals surface area contributed by atoms with Crippen LogP contribution in [0.3, 0.4) is 0 Å². The molecular formula is C63H78ClN3O16. The summed E-state index contributed by atoms with van der Waals surface area (Å²) in [5.74, 6) is -5.81. The van der Waals surface area contributed by atoms with Crippen molar-refractivity contribution < 1.29 is 76.7 Å². The highest BCUT2D eigenvalue weighted by Crippen LogP contribution is 2.42. The number of unbranched alkanes of at least 4 members (excludes halogenated alkanes) is 1. The summed E-state index contributed by atoms with van der Waals surface area (Å²) < 4.78 is 33.1. The highest BCUT2D eigenvalue weighted by molar-refractivity contribution is 6.30. The van der Waals surface area contributed by atoms with E-state index in [1.54, 1.807) is 111 Å². The lowest BCUT2D eigenvalue weighted by Crippen LogP contribution is -2.46. The summed E-state index contributed by atoms with van der Waals surface area (Å²) in [5.41, 5.74) is -0.0143. The predicted molar refractivity (Wildman–Crippen MR) is 310 cm³/mol. The van der Waals surface area contributed by atoms with E-state index in [1.165, 1.54) is 50.1 Å². The van der Waals surface area contributed by atoms with Crippen LogP contribution in [0.25, 0.3) is 22.3 Å². The number of fused-ring (bicyclic) bond motifs is 5. The van der Waals surface area contributed by atoms with Gasteiger partial charge in [0.2, 0.25) is 11.8 Å². The summed E-state index contributed by atoms with van der Waals surface area (Å²) in [7, 11) is 1.41. The van der Waals surface area contributed by atoms with Gasteiger partial charge in [-0.3, -0.25) is 28.8 Å². The number of likely N-dealkylation sites (N-methyl/N-ethyl adjacent to an activating group) is 1. The first-order valence-corrected chi connectivity index (χ1v) is 28.0. The largest absolute Gasteiger partial charge is 0.514 e. The van der Waals surface area contributed by atoms with Crippen molar-refractivity contribution in [3.05, 3.63) is 107 Å². The molecule has 83 heavy (non-hydrogen) atoms. The summed E-state index contributed by atoms with van der Waals surface area (Å²) in [6.45, 7) is 17.6. The fourth-order valence-corrected chi connectivity index (χ4v) is 9.16. The summed E-state index contributed by atoms with van der Waals surface area (Å²) in [6.07, 6.45) is -4.49. The second-order valence-electron chi connectivity index (χ2n) is 23.7. The quantitative estimate of drug-likeness (QED) is 0.0259. The number of benzene rings is 4. The van der Waals surface area contributed by atoms with Gasteiger partial charge in [-0.2, -0.15) is 0 Å². The lowest BCUT2D eigenvalue weighted by atomic mass is 9.87. The molecule has 3 amide bonds. The third kappa shape index (κ3) is 21.2. The van der Waals surface area contributed by atoms with Gasteiger partial charge in [0.05, 0.1) is 12.1 Å². The van der Waals surface area contributed by atoms with Crippen LogP contribution >= 0.6 is 11.6 Å². The number of ether oxygens (including phenoxy) is 6. The maximum Gasteiger partial charge on any atom is 0.514 e. The van der Waals surface area contributed by atoms with Gasteiger partial charge in [0, 0.05) is 73.3 Å². The number of aliphatic hydroxyl groups excluding tert-OH is 1. The highest BCUT2D eigenvalue weighted by Gasteiger charge is 2.37. The zero-order chi connectivity index (χ0) is 61.6. The third-order valence-corrected chi connectivity index (χ3v) is 13.2. The van der Waals surface area contributed by atoms with Crippen molar-refractivity contribution >= 4 is 65.1 Å². The number of nitrogens with one attached hydrogen (secondary N) is 2. The van der Waals surface area contributed by atoms with Crippen molar-refractivity contribution in [3.8, 4) is 33.8 Å². The van der Waals surface area contributed by atoms with Crippen LogP contribution in [-0.4, -0.2) is 113 Å². The Hall–Kier alpha value is -7.64. The molecule has 0 aliphatic carbocycles. The van der Waals surface area contributed by atoms with E-state index >= 15 is 9.59 Å². The Bertz CT molecular complexity index is 2990. The number of nitrogens with zero attached hydrogens (tertiary/aromatic N) is 1. The molecule has 19 nitrogen and oxygen atoms in total. The number of aliphatic hydroxyl groups is 1. The van der Waals surface area contributed by atoms with Crippen molar-refractivity contribution in [2.45, 2.75) is 163 Å². The minimum atomic E-state index is -1.49. The van der Waals surface area contributed by atoms with E-state index in [-0.39, 0.29) is 79.2 Å². The number of carbonyl (C=O) groups is 9. The molecule has 1 unspecified atom stereocenters. The van der Waals surface area contributed by atoms with Gasteiger partial charge in [-0.25, -0.2) is 14.4 Å². The van der Waals surface area contributed by atoms with Gasteiger partial charge in [0.25, 0.3) is 0 Å². The van der Waals surface area contributed by atoms with E-state index in [2.05, 4.69) is 10.6 Å². The predicted octanol–water partition coefficient (Wildman–Crippen LogP) is 11.3. The standard InChI is InChI=1S/C63H78ClN3O16/c1-37-31-52(72)55(67(12)57(74)44(15-13-14-30-65-58(75)81-61(3,4)5)35-51(71)42-19-17-40(18-20-42)41-21-24-45(64)25-22-41)43-23-29-54(80-60(77)83-63(9,10)11)48(34-43)47-32-39(16-28-53(47)79-59(76)82-62(6,7)8)33-49(66-56(37)73)50(70)27-26-46(69)36-78-38(2)68/h16-25,28-29,32,34,37,44,46,49,55,69H,13-15,26-27,30-31,33,35-36H2,1-12H3,(H,65,75)(H,66,73)/t37-,44-,46?,49+,55+/m1/s1. The number of hydrogen-bond donors (Lipinski definition) is 3. The van der Waals surface area contributed by atoms with Gasteiger partial charge in [0.1, 0.15) is 41.0 Å². The number of hydrogen-bond acceptors (Lipinski definition) is 16. The SMILES string of the molecule is CC(=O)OCC(O)CCC(=O)[C@@H]1Cc2ccc(OC(=O)OC(C)(C)C)c(c2)-c2cc(ccc2OC(=O)OC(C)(C)C)[C@H](N(C)C(=O)[C@H](CCCCNC(=O)OC(C)(C)C)CC(=O)c2ccc(-c3ccc(Cl)cc3)cc2)C(=O)C[C@@H](C)C(=O)N1. The number of carbonyl (C=O) groups excluding carboxylic acids is 9. The molecule has 448 valence electrons. The lowest BCUT2D eigenvalue weighted by Gasteiger charge is -2.32. The van der Waals surface area contributed by atoms with E-state index in [0.29, 0.717) is 29.0 Å². The molecule has 5 atom stereocenters. The molecule has 1 aliphatic heterocycles. The third-order valence-electron chi connectivity index (χ3n) is 13.0. The molecule has 0 aromatic heterocycles. The second kappa shape index (κ2) is 29.1. The van der Waals surface area contributed by atoms with E-state index in [1.807, 2.05) is 12.1 Å². The monoisotopic (exact) mass is 1170 g/mol. The summed E-state index contributed by atoms with van der Waals surface area (Å²) >= 11 is 6.13. The summed E-state index contributed by atoms with van der Waals surface area (Å²) in [6, 6.07) is 20.3. The van der Waals surface area contributed by atoms with Gasteiger partial charge in [-0.15, -0.1) is 0 Å². The normalized spacial score (nSPS) is 16.4. The number of esters is 1. The molecule has 3 N–H and O–H groups in total. The molecular weight excluding hydrogens is 1090 g/mol. The van der Waals surface area contributed by atoms with Crippen LogP contribution in [0.2, 0.25) is 5.02 Å². The highest BCUT2D eigenvalue weighted by atomic mass is 35.5. The van der Waals surface area contributed by atoms with Gasteiger partial charge in [-0.1, -0.05) is 73.5 Å². The van der Waals surface area contributed by atoms with Crippen molar-refractivity contribution in [1.29, 1.82) is 0 Å². The number of halogens is 1. The number of Topliss-reactive ketones (excluding diaryl/α,β-unsaturated/α-hetero) is 3. The Kier molecular flexibility index (Phi) is 23.2. The minimum Gasteiger partial charge on any atom is -0.463 e. The first kappa shape index (κ1) is 66.2. The Morgan fingerprint density at radius 2 is 1.28 bits per heavy atom. The van der Waals surface area contributed by atoms with Crippen LogP contribution in [0.4, 0.5) is 14.4 Å². The van der Waals surface area contributed by atoms with E-state index in [0.717, 1.165) is 11.1 Å². The van der Waals surface area contributed by atoms with Crippen molar-refractivity contribution in [3.63, 3.8) is 0 Å². The summed E-state index contributed by atoms with van der Waals surface area (Å²) in [4.78, 5) is 125. The van der Waals surface area contributed by atoms with Crippen molar-refractivity contribution in [2.75, 3.05) is 20.2 Å². The molecule has 0 fully saturated rings. The van der Waals surface area contributed by atoms with Crippen LogP contribution in [0.1, 0.15) is 149 Å². The minimum absolute atomic E-state index is 0.0595. The number of rotatable bonds is 19. The Morgan fingerprint density at radius 3 is 1.84 bits per heavy atom. The average Bonchev–Trinajstić information content (AvgIpc) is 2.71. The smallest absolute Gasteiger partial charge is 0.463 e. The topological polar surface area (TPSA) is 257 Å². The molecule has 4 aromatic carbocycles. The summed E-state index contributed by atoms with van der Waals surface area (Å²) in [5, 5.41) is 16.6. The molecule has 0 radical (unpaired) electrons. The molecule has 4 bridgehead atoms. The molecule has 1 heterocycles. The number of alkyl carbamates (subject to hydrolysis) is 1. The Balaban J connectivity index is 1.65.